The second-order valence-corrected chi connectivity index (χ2v) is 6.14. The summed E-state index contributed by atoms with van der Waals surface area (Å²) in [6.07, 6.45) is 1.43. The Morgan fingerprint density at radius 3 is 2.83 bits per heavy atom. The molecule has 0 bridgehead atoms. The Bertz CT molecular complexity index is 650. The van der Waals surface area contributed by atoms with Gasteiger partial charge in [-0.15, -0.1) is 0 Å². The summed E-state index contributed by atoms with van der Waals surface area (Å²) in [5.74, 6) is -0.531. The van der Waals surface area contributed by atoms with Gasteiger partial charge in [0.25, 0.3) is 5.91 Å². The van der Waals surface area contributed by atoms with Gasteiger partial charge in [-0.2, -0.15) is 5.26 Å². The lowest BCUT2D eigenvalue weighted by Gasteiger charge is -2.26. The van der Waals surface area contributed by atoms with Gasteiger partial charge in [0, 0.05) is 50.5 Å². The molecule has 1 aromatic rings. The number of hydrogen-bond acceptors (Lipinski definition) is 5. The fourth-order valence-corrected chi connectivity index (χ4v) is 2.60. The highest BCUT2D eigenvalue weighted by Crippen LogP contribution is 2.25. The summed E-state index contributed by atoms with van der Waals surface area (Å²) >= 11 is 11.9. The van der Waals surface area contributed by atoms with Gasteiger partial charge in [0.2, 0.25) is 0 Å². The third-order valence-corrected chi connectivity index (χ3v) is 4.13. The maximum Gasteiger partial charge on any atom is 0.267 e. The molecule has 0 unspecified atom stereocenters. The smallest absolute Gasteiger partial charge is 0.267 e. The minimum Gasteiger partial charge on any atom is -0.388 e. The third-order valence-electron chi connectivity index (χ3n) is 3.57. The molecule has 8 heteroatoms. The maximum atomic E-state index is 12.1. The number of nitrogens with zero attached hydrogens (tertiary/aromatic N) is 2. The predicted molar refractivity (Wildman–Crippen MR) is 96.1 cm³/mol. The minimum absolute atomic E-state index is 0.0219. The van der Waals surface area contributed by atoms with Gasteiger partial charge in [-0.05, 0) is 18.2 Å². The van der Waals surface area contributed by atoms with E-state index in [-0.39, 0.29) is 5.57 Å². The Balaban J connectivity index is 1.86. The van der Waals surface area contributed by atoms with E-state index in [0.717, 1.165) is 32.7 Å². The fraction of sp³-hybridized carbons (Fsp3) is 0.375. The van der Waals surface area contributed by atoms with Crippen LogP contribution in [0.5, 0.6) is 0 Å². The van der Waals surface area contributed by atoms with Crippen LogP contribution in [0.15, 0.2) is 30.0 Å². The zero-order chi connectivity index (χ0) is 17.4. The zero-order valence-electron chi connectivity index (χ0n) is 13.1. The van der Waals surface area contributed by atoms with E-state index in [1.165, 1.54) is 12.3 Å². The van der Waals surface area contributed by atoms with Crippen LogP contribution in [0.2, 0.25) is 10.0 Å². The van der Waals surface area contributed by atoms with Crippen molar-refractivity contribution < 1.29 is 4.79 Å². The Morgan fingerprint density at radius 1 is 1.38 bits per heavy atom. The zero-order valence-corrected chi connectivity index (χ0v) is 14.6. The molecule has 3 N–H and O–H groups in total. The lowest BCUT2D eigenvalue weighted by Crippen LogP contribution is -2.45. The standard InChI is InChI=1S/C16H19Cl2N5O/c17-13-1-2-14(18)15(9-13)22-16(24)12(10-19)11-21-5-8-23-6-3-20-4-7-23/h1-2,9,11,20-21H,3-8H2,(H,22,24)/b12-11-. The van der Waals surface area contributed by atoms with Crippen molar-refractivity contribution in [3.63, 3.8) is 0 Å². The van der Waals surface area contributed by atoms with Gasteiger partial charge in [0.15, 0.2) is 0 Å². The van der Waals surface area contributed by atoms with Crippen molar-refractivity contribution in [1.29, 1.82) is 5.26 Å². The van der Waals surface area contributed by atoms with Crippen LogP contribution in [0.4, 0.5) is 5.69 Å². The molecular weight excluding hydrogens is 349 g/mol. The van der Waals surface area contributed by atoms with Gasteiger partial charge in [-0.1, -0.05) is 23.2 Å². The number of nitriles is 1. The summed E-state index contributed by atoms with van der Waals surface area (Å²) < 4.78 is 0. The van der Waals surface area contributed by atoms with Crippen LogP contribution >= 0.6 is 23.2 Å². The monoisotopic (exact) mass is 367 g/mol. The number of amides is 1. The first-order valence-corrected chi connectivity index (χ1v) is 8.39. The molecular formula is C16H19Cl2N5O. The summed E-state index contributed by atoms with van der Waals surface area (Å²) in [6, 6.07) is 6.63. The Kier molecular flexibility index (Phi) is 7.35. The van der Waals surface area contributed by atoms with Crippen molar-refractivity contribution in [2.45, 2.75) is 0 Å². The van der Waals surface area contributed by atoms with Crippen LogP contribution in [-0.4, -0.2) is 50.1 Å². The van der Waals surface area contributed by atoms with Crippen LogP contribution in [0.25, 0.3) is 0 Å². The molecule has 1 aliphatic heterocycles. The Hall–Kier alpha value is -1.78. The lowest BCUT2D eigenvalue weighted by molar-refractivity contribution is -0.112. The van der Waals surface area contributed by atoms with Gasteiger partial charge < -0.3 is 16.0 Å². The van der Waals surface area contributed by atoms with Crippen LogP contribution in [0.1, 0.15) is 0 Å². The second-order valence-electron chi connectivity index (χ2n) is 5.29. The van der Waals surface area contributed by atoms with Crippen molar-refractivity contribution in [2.75, 3.05) is 44.6 Å². The van der Waals surface area contributed by atoms with Crippen LogP contribution < -0.4 is 16.0 Å². The van der Waals surface area contributed by atoms with Crippen LogP contribution in [0, 0.1) is 11.3 Å². The first-order chi connectivity index (χ1) is 11.6. The van der Waals surface area contributed by atoms with E-state index in [9.17, 15) is 4.79 Å². The number of benzene rings is 1. The molecule has 1 aliphatic rings. The normalized spacial score (nSPS) is 15.6. The number of hydrogen-bond donors (Lipinski definition) is 3. The molecule has 1 amide bonds. The predicted octanol–water partition coefficient (Wildman–Crippen LogP) is 1.83. The summed E-state index contributed by atoms with van der Waals surface area (Å²) in [5.41, 5.74) is 0.350. The molecule has 0 radical (unpaired) electrons. The molecule has 24 heavy (non-hydrogen) atoms. The quantitative estimate of drug-likeness (QED) is 0.406. The van der Waals surface area contributed by atoms with Crippen molar-refractivity contribution in [3.05, 3.63) is 40.0 Å². The lowest BCUT2D eigenvalue weighted by atomic mass is 10.2. The molecule has 1 aromatic carbocycles. The molecule has 128 valence electrons. The number of anilines is 1. The number of carbonyl (C=O) groups is 1. The molecule has 0 aliphatic carbocycles. The molecule has 1 heterocycles. The van der Waals surface area contributed by atoms with Gasteiger partial charge >= 0.3 is 0 Å². The first kappa shape index (κ1) is 18.6. The average molecular weight is 368 g/mol. The molecule has 0 atom stereocenters. The van der Waals surface area contributed by atoms with Crippen LogP contribution in [-0.2, 0) is 4.79 Å². The third kappa shape index (κ3) is 5.69. The average Bonchev–Trinajstić information content (AvgIpc) is 2.59. The van der Waals surface area contributed by atoms with E-state index in [4.69, 9.17) is 28.5 Å². The summed E-state index contributed by atoms with van der Waals surface area (Å²) in [4.78, 5) is 14.5. The maximum absolute atomic E-state index is 12.1. The van der Waals surface area contributed by atoms with Crippen molar-refractivity contribution in [2.24, 2.45) is 0 Å². The largest absolute Gasteiger partial charge is 0.388 e. The molecule has 2 rings (SSSR count). The number of carbonyl (C=O) groups excluding carboxylic acids is 1. The van der Waals surface area contributed by atoms with E-state index in [2.05, 4.69) is 20.9 Å². The molecule has 0 aromatic heterocycles. The number of halogens is 2. The SMILES string of the molecule is N#C/C(=C/NCCN1CCNCC1)C(=O)Nc1cc(Cl)ccc1Cl. The highest BCUT2D eigenvalue weighted by atomic mass is 35.5. The van der Waals surface area contributed by atoms with Gasteiger partial charge in [-0.25, -0.2) is 0 Å². The van der Waals surface area contributed by atoms with Gasteiger partial charge in [0.1, 0.15) is 11.6 Å². The van der Waals surface area contributed by atoms with Gasteiger partial charge in [-0.3, -0.25) is 9.69 Å². The highest BCUT2D eigenvalue weighted by molar-refractivity contribution is 6.35. The van der Waals surface area contributed by atoms with Crippen LogP contribution in [0.3, 0.4) is 0 Å². The fourth-order valence-electron chi connectivity index (χ4n) is 2.26. The van der Waals surface area contributed by atoms with E-state index in [1.807, 2.05) is 6.07 Å². The number of nitrogens with one attached hydrogen (secondary N) is 3. The van der Waals surface area contributed by atoms with E-state index in [0.29, 0.717) is 22.3 Å². The molecule has 0 spiro atoms. The topological polar surface area (TPSA) is 80.2 Å². The molecule has 1 saturated heterocycles. The van der Waals surface area contributed by atoms with Gasteiger partial charge in [0.05, 0.1) is 10.7 Å². The minimum atomic E-state index is -0.531. The Labute approximate surface area is 151 Å². The molecule has 1 fully saturated rings. The molecule has 0 saturated carbocycles. The highest BCUT2D eigenvalue weighted by Gasteiger charge is 2.12. The van der Waals surface area contributed by atoms with Crippen molar-refractivity contribution in [1.82, 2.24) is 15.5 Å². The summed E-state index contributed by atoms with van der Waals surface area (Å²) in [6.45, 7) is 5.51. The van der Waals surface area contributed by atoms with E-state index < -0.39 is 5.91 Å². The Morgan fingerprint density at radius 2 is 2.12 bits per heavy atom. The van der Waals surface area contributed by atoms with Crippen molar-refractivity contribution in [3.8, 4) is 6.07 Å². The van der Waals surface area contributed by atoms with E-state index in [1.54, 1.807) is 12.1 Å². The summed E-state index contributed by atoms with van der Waals surface area (Å²) in [7, 11) is 0. The van der Waals surface area contributed by atoms with Crippen molar-refractivity contribution >= 4 is 34.8 Å². The first-order valence-electron chi connectivity index (χ1n) is 7.63. The number of rotatable bonds is 6. The number of piperazine rings is 1. The molecule has 6 nitrogen and oxygen atoms in total. The van der Waals surface area contributed by atoms with E-state index >= 15 is 0 Å². The summed E-state index contributed by atoms with van der Waals surface area (Å²) in [5, 5.41) is 18.8. The second kappa shape index (κ2) is 9.50.